The van der Waals surface area contributed by atoms with Crippen LogP contribution in [0.4, 0.5) is 17.6 Å². The van der Waals surface area contributed by atoms with E-state index in [2.05, 4.69) is 0 Å². The first-order valence-electron chi connectivity index (χ1n) is 7.55. The zero-order valence-electron chi connectivity index (χ0n) is 13.6. The molecule has 0 spiro atoms. The van der Waals surface area contributed by atoms with Crippen LogP contribution in [-0.4, -0.2) is 40.9 Å². The third kappa shape index (κ3) is 4.74. The molecule has 1 aliphatic heterocycles. The molecule has 1 aromatic carbocycles. The Morgan fingerprint density at radius 3 is 2.48 bits per heavy atom. The molecular formula is C16H13F4N2O5. The Kier molecular flexibility index (Phi) is 5.72. The fourth-order valence-corrected chi connectivity index (χ4v) is 2.43. The molecule has 1 aromatic rings. The number of aliphatic hydroxyl groups excluding tert-OH is 1. The molecule has 1 radical (unpaired) electrons. The van der Waals surface area contributed by atoms with Crippen LogP contribution in [-0.2, 0) is 32.2 Å². The van der Waals surface area contributed by atoms with Crippen molar-refractivity contribution in [1.82, 2.24) is 10.2 Å². The molecule has 0 fully saturated rings. The first-order valence-corrected chi connectivity index (χ1v) is 7.55. The predicted octanol–water partition coefficient (Wildman–Crippen LogP) is 1.46. The lowest BCUT2D eigenvalue weighted by molar-refractivity contribution is -0.143. The van der Waals surface area contributed by atoms with Gasteiger partial charge in [-0.15, -0.1) is 0 Å². The number of alkyl halides is 3. The Morgan fingerprint density at radius 2 is 1.93 bits per heavy atom. The summed E-state index contributed by atoms with van der Waals surface area (Å²) in [6.07, 6.45) is -4.89. The van der Waals surface area contributed by atoms with E-state index in [1.54, 1.807) is 0 Å². The van der Waals surface area contributed by atoms with Gasteiger partial charge in [-0.05, 0) is 12.1 Å². The summed E-state index contributed by atoms with van der Waals surface area (Å²) in [5, 5.41) is 22.0. The van der Waals surface area contributed by atoms with Gasteiger partial charge in [0.1, 0.15) is 23.7 Å². The van der Waals surface area contributed by atoms with Gasteiger partial charge < -0.3 is 15.3 Å². The van der Waals surface area contributed by atoms with Gasteiger partial charge in [0.25, 0.3) is 11.8 Å². The number of carbonyl (C=O) groups is 3. The normalized spacial score (nSPS) is 15.1. The van der Waals surface area contributed by atoms with Crippen molar-refractivity contribution in [2.24, 2.45) is 0 Å². The molecule has 2 N–H and O–H groups in total. The molecular weight excluding hydrogens is 376 g/mol. The highest BCUT2D eigenvalue weighted by Crippen LogP contribution is 2.30. The van der Waals surface area contributed by atoms with Crippen molar-refractivity contribution in [1.29, 1.82) is 0 Å². The molecule has 0 aliphatic carbocycles. The van der Waals surface area contributed by atoms with E-state index in [1.165, 1.54) is 0 Å². The number of hydrogen-bond acceptors (Lipinski definition) is 4. The van der Waals surface area contributed by atoms with Gasteiger partial charge in [0.2, 0.25) is 0 Å². The summed E-state index contributed by atoms with van der Waals surface area (Å²) < 4.78 is 51.7. The van der Waals surface area contributed by atoms with Crippen LogP contribution in [0.5, 0.6) is 0 Å². The van der Waals surface area contributed by atoms with Crippen LogP contribution in [0.1, 0.15) is 17.5 Å². The zero-order chi connectivity index (χ0) is 20.4. The molecule has 27 heavy (non-hydrogen) atoms. The Balaban J connectivity index is 2.18. The number of nitrogens with zero attached hydrogens (tertiary/aromatic N) is 1. The number of carbonyl (C=O) groups excluding carboxylic acids is 3. The third-order valence-electron chi connectivity index (χ3n) is 3.77. The first-order chi connectivity index (χ1) is 12.5. The largest absolute Gasteiger partial charge is 0.511 e. The summed E-state index contributed by atoms with van der Waals surface area (Å²) in [5.74, 6) is -5.53. The van der Waals surface area contributed by atoms with Crippen molar-refractivity contribution < 1.29 is 42.2 Å². The molecule has 1 heterocycles. The Morgan fingerprint density at radius 1 is 1.26 bits per heavy atom. The molecule has 11 heteroatoms. The Labute approximate surface area is 149 Å². The van der Waals surface area contributed by atoms with E-state index in [0.717, 1.165) is 11.0 Å². The zero-order valence-corrected chi connectivity index (χ0v) is 13.6. The molecule has 0 unspecified atom stereocenters. The van der Waals surface area contributed by atoms with Gasteiger partial charge in [-0.1, -0.05) is 6.07 Å². The van der Waals surface area contributed by atoms with Crippen LogP contribution < -0.4 is 5.32 Å². The van der Waals surface area contributed by atoms with Crippen molar-refractivity contribution in [2.75, 3.05) is 13.1 Å². The maximum atomic E-state index is 14.0. The molecule has 0 bridgehead atoms. The summed E-state index contributed by atoms with van der Waals surface area (Å²) in [7, 11) is 0. The Bertz CT molecular complexity index is 820. The number of nitrogens with one attached hydrogen (secondary N) is 1. The fraction of sp³-hybridized carbons (Fsp3) is 0.312. The van der Waals surface area contributed by atoms with Gasteiger partial charge in [0, 0.05) is 25.1 Å². The molecule has 2 amide bonds. The summed E-state index contributed by atoms with van der Waals surface area (Å²) in [6, 6.07) is 1.83. The molecule has 2 rings (SSSR count). The lowest BCUT2D eigenvalue weighted by Crippen LogP contribution is -2.43. The van der Waals surface area contributed by atoms with E-state index in [-0.39, 0.29) is 18.5 Å². The maximum absolute atomic E-state index is 14.0. The SMILES string of the molecule is [O]C(=O)CNC(=O)C1=C(O)CCN(Cc2ccc(C(F)(F)F)cc2F)C1=O. The molecule has 0 aromatic heterocycles. The van der Waals surface area contributed by atoms with Gasteiger partial charge in [0.15, 0.2) is 0 Å². The van der Waals surface area contributed by atoms with Crippen LogP contribution in [0.15, 0.2) is 29.5 Å². The van der Waals surface area contributed by atoms with E-state index in [4.69, 9.17) is 0 Å². The second-order valence-electron chi connectivity index (χ2n) is 5.66. The average molecular weight is 389 g/mol. The van der Waals surface area contributed by atoms with Gasteiger partial charge in [0.05, 0.1) is 5.56 Å². The van der Waals surface area contributed by atoms with Crippen LogP contribution in [0.3, 0.4) is 0 Å². The van der Waals surface area contributed by atoms with Crippen LogP contribution in [0.2, 0.25) is 0 Å². The minimum absolute atomic E-state index is 0.109. The van der Waals surface area contributed by atoms with Gasteiger partial charge >= 0.3 is 12.1 Å². The minimum Gasteiger partial charge on any atom is -0.511 e. The number of halogens is 4. The smallest absolute Gasteiger partial charge is 0.416 e. The minimum atomic E-state index is -4.72. The van der Waals surface area contributed by atoms with Crippen LogP contribution >= 0.6 is 0 Å². The topological polar surface area (TPSA) is 107 Å². The van der Waals surface area contributed by atoms with E-state index in [0.29, 0.717) is 12.1 Å². The average Bonchev–Trinajstić information content (AvgIpc) is 2.56. The van der Waals surface area contributed by atoms with Gasteiger partial charge in [-0.25, -0.2) is 14.3 Å². The summed E-state index contributed by atoms with van der Waals surface area (Å²) in [4.78, 5) is 35.5. The highest BCUT2D eigenvalue weighted by molar-refractivity contribution is 6.19. The Hall–Kier alpha value is -3.11. The van der Waals surface area contributed by atoms with Crippen molar-refractivity contribution in [3.05, 3.63) is 46.5 Å². The van der Waals surface area contributed by atoms with Crippen molar-refractivity contribution in [3.63, 3.8) is 0 Å². The number of hydrogen-bond donors (Lipinski definition) is 2. The fourth-order valence-electron chi connectivity index (χ4n) is 2.43. The number of benzene rings is 1. The van der Waals surface area contributed by atoms with Crippen molar-refractivity contribution in [3.8, 4) is 0 Å². The standard InChI is InChI=1S/C16H13F4N2O5/c17-10-5-9(16(18,19)20)2-1-8(10)7-22-4-3-11(23)13(15(22)27)14(26)21-6-12(24)25/h1-2,5,23H,3-4,6-7H2,(H,21,26). The summed E-state index contributed by atoms with van der Waals surface area (Å²) in [6.45, 7) is -1.44. The van der Waals surface area contributed by atoms with Crippen molar-refractivity contribution in [2.45, 2.75) is 19.1 Å². The molecule has 145 valence electrons. The highest BCUT2D eigenvalue weighted by atomic mass is 19.4. The van der Waals surface area contributed by atoms with Crippen molar-refractivity contribution >= 4 is 17.8 Å². The van der Waals surface area contributed by atoms with E-state index in [9.17, 15) is 42.2 Å². The molecule has 7 nitrogen and oxygen atoms in total. The second kappa shape index (κ2) is 7.64. The predicted molar refractivity (Wildman–Crippen MR) is 79.8 cm³/mol. The highest BCUT2D eigenvalue weighted by Gasteiger charge is 2.34. The molecule has 0 saturated carbocycles. The van der Waals surface area contributed by atoms with E-state index in [1.807, 2.05) is 5.32 Å². The van der Waals surface area contributed by atoms with Crippen LogP contribution in [0.25, 0.3) is 0 Å². The number of aliphatic hydroxyl groups is 1. The molecule has 1 aliphatic rings. The molecule has 0 saturated heterocycles. The van der Waals surface area contributed by atoms with Crippen LogP contribution in [0, 0.1) is 5.82 Å². The first kappa shape index (κ1) is 20.2. The molecule has 0 atom stereocenters. The second-order valence-corrected chi connectivity index (χ2v) is 5.66. The number of amides is 2. The summed E-state index contributed by atoms with van der Waals surface area (Å²) >= 11 is 0. The van der Waals surface area contributed by atoms with E-state index >= 15 is 0 Å². The lowest BCUT2D eigenvalue weighted by Gasteiger charge is -2.28. The number of rotatable bonds is 5. The lowest BCUT2D eigenvalue weighted by atomic mass is 10.0. The van der Waals surface area contributed by atoms with Gasteiger partial charge in [-0.2, -0.15) is 13.2 Å². The van der Waals surface area contributed by atoms with Gasteiger partial charge in [-0.3, -0.25) is 9.59 Å². The third-order valence-corrected chi connectivity index (χ3v) is 3.77. The quantitative estimate of drug-likeness (QED) is 0.587. The maximum Gasteiger partial charge on any atom is 0.416 e. The monoisotopic (exact) mass is 389 g/mol. The summed E-state index contributed by atoms with van der Waals surface area (Å²) in [5.41, 5.74) is -2.12. The van der Waals surface area contributed by atoms with E-state index < -0.39 is 59.8 Å².